The van der Waals surface area contributed by atoms with Gasteiger partial charge in [0.25, 0.3) is 5.89 Å². The average Bonchev–Trinajstić information content (AvgIpc) is 3.79. The Morgan fingerprint density at radius 2 is 1.55 bits per heavy atom. The zero-order chi connectivity index (χ0) is 22.0. The minimum absolute atomic E-state index is 0.110. The monoisotopic (exact) mass is 445 g/mol. The topological polar surface area (TPSA) is 89.9 Å². The lowest BCUT2D eigenvalue weighted by atomic mass is 9.51. The van der Waals surface area contributed by atoms with Crippen molar-refractivity contribution in [2.75, 3.05) is 5.32 Å². The Hall–Kier alpha value is -2.70. The SMILES string of the molecule is CC(Nc1cccc(-c2nc(C3CC3)no2)c1)C12CCC(c3nc(C4CC4)no3)(CC1)CC2. The molecule has 7 nitrogen and oxygen atoms in total. The summed E-state index contributed by atoms with van der Waals surface area (Å²) in [7, 11) is 0. The number of rotatable bonds is 7. The molecule has 2 aromatic heterocycles. The zero-order valence-electron chi connectivity index (χ0n) is 19.2. The van der Waals surface area contributed by atoms with Crippen molar-refractivity contribution in [2.24, 2.45) is 5.41 Å². The van der Waals surface area contributed by atoms with E-state index in [4.69, 9.17) is 14.0 Å². The molecule has 5 aliphatic rings. The van der Waals surface area contributed by atoms with Gasteiger partial charge in [-0.1, -0.05) is 16.4 Å². The molecule has 5 saturated carbocycles. The molecular formula is C26H31N5O2. The summed E-state index contributed by atoms with van der Waals surface area (Å²) >= 11 is 0. The Morgan fingerprint density at radius 3 is 2.24 bits per heavy atom. The van der Waals surface area contributed by atoms with Gasteiger partial charge in [0.2, 0.25) is 5.89 Å². The fraction of sp³-hybridized carbons (Fsp3) is 0.615. The number of hydrogen-bond acceptors (Lipinski definition) is 7. The number of fused-ring (bicyclic) bond motifs is 3. The molecule has 33 heavy (non-hydrogen) atoms. The molecule has 0 spiro atoms. The number of nitrogens with zero attached hydrogens (tertiary/aromatic N) is 4. The number of anilines is 1. The molecule has 1 N–H and O–H groups in total. The minimum Gasteiger partial charge on any atom is -0.382 e. The van der Waals surface area contributed by atoms with Crippen LogP contribution in [-0.4, -0.2) is 26.3 Å². The summed E-state index contributed by atoms with van der Waals surface area (Å²) in [6, 6.07) is 8.80. The van der Waals surface area contributed by atoms with Crippen molar-refractivity contribution in [3.05, 3.63) is 41.8 Å². The van der Waals surface area contributed by atoms with Crippen molar-refractivity contribution < 1.29 is 9.05 Å². The first-order valence-corrected chi connectivity index (χ1v) is 12.7. The lowest BCUT2D eigenvalue weighted by Crippen LogP contribution is -2.51. The normalized spacial score (nSPS) is 29.8. The summed E-state index contributed by atoms with van der Waals surface area (Å²) in [5, 5.41) is 12.3. The predicted molar refractivity (Wildman–Crippen MR) is 123 cm³/mol. The van der Waals surface area contributed by atoms with Gasteiger partial charge in [-0.3, -0.25) is 0 Å². The van der Waals surface area contributed by atoms with E-state index in [0.717, 1.165) is 48.1 Å². The molecule has 1 aromatic carbocycles. The lowest BCUT2D eigenvalue weighted by molar-refractivity contribution is 0.0126. The van der Waals surface area contributed by atoms with Crippen LogP contribution in [0.3, 0.4) is 0 Å². The summed E-state index contributed by atoms with van der Waals surface area (Å²) in [6.45, 7) is 2.35. The van der Waals surface area contributed by atoms with Crippen molar-refractivity contribution in [1.29, 1.82) is 0 Å². The predicted octanol–water partition coefficient (Wildman–Crippen LogP) is 5.97. The fourth-order valence-electron chi connectivity index (χ4n) is 6.15. The Bertz CT molecular complexity index is 1150. The highest BCUT2D eigenvalue weighted by Gasteiger charge is 2.54. The van der Waals surface area contributed by atoms with Gasteiger partial charge in [-0.2, -0.15) is 9.97 Å². The van der Waals surface area contributed by atoms with Crippen LogP contribution >= 0.6 is 0 Å². The molecule has 1 unspecified atom stereocenters. The van der Waals surface area contributed by atoms with Gasteiger partial charge >= 0.3 is 0 Å². The van der Waals surface area contributed by atoms with Crippen LogP contribution in [0.25, 0.3) is 11.5 Å². The highest BCUT2D eigenvalue weighted by atomic mass is 16.5. The van der Waals surface area contributed by atoms with E-state index in [1.807, 2.05) is 6.07 Å². The highest BCUT2D eigenvalue weighted by Crippen LogP contribution is 2.59. The second kappa shape index (κ2) is 7.15. The van der Waals surface area contributed by atoms with Gasteiger partial charge in [-0.05, 0) is 94.7 Å². The smallest absolute Gasteiger partial charge is 0.258 e. The van der Waals surface area contributed by atoms with E-state index in [1.54, 1.807) is 0 Å². The van der Waals surface area contributed by atoms with Gasteiger partial charge < -0.3 is 14.4 Å². The lowest BCUT2D eigenvalue weighted by Gasteiger charge is -2.54. The maximum Gasteiger partial charge on any atom is 0.258 e. The molecule has 0 saturated heterocycles. The maximum absolute atomic E-state index is 5.79. The van der Waals surface area contributed by atoms with Crippen LogP contribution in [0.15, 0.2) is 33.3 Å². The molecule has 0 amide bonds. The molecular weight excluding hydrogens is 414 g/mol. The van der Waals surface area contributed by atoms with Crippen molar-refractivity contribution in [1.82, 2.24) is 20.3 Å². The molecule has 2 heterocycles. The van der Waals surface area contributed by atoms with Crippen LogP contribution in [0.5, 0.6) is 0 Å². The number of benzene rings is 1. The van der Waals surface area contributed by atoms with Crippen LogP contribution in [0.4, 0.5) is 5.69 Å². The molecule has 172 valence electrons. The number of hydrogen-bond donors (Lipinski definition) is 1. The van der Waals surface area contributed by atoms with Gasteiger partial charge in [0.05, 0.1) is 0 Å². The van der Waals surface area contributed by atoms with E-state index < -0.39 is 0 Å². The molecule has 1 atom stereocenters. The van der Waals surface area contributed by atoms with E-state index in [0.29, 0.717) is 29.2 Å². The molecule has 5 fully saturated rings. The standard InChI is InChI=1S/C26H31N5O2/c1-16(27-20-4-2-3-19(15-20)23-28-21(30-32-23)17-5-6-17)25-9-12-26(13-10-25,14-11-25)24-29-22(31-33-24)18-7-8-18/h2-4,15-18,27H,5-14H2,1H3. The van der Waals surface area contributed by atoms with Crippen LogP contribution in [0.1, 0.15) is 101 Å². The van der Waals surface area contributed by atoms with E-state index in [1.165, 1.54) is 44.9 Å². The quantitative estimate of drug-likeness (QED) is 0.479. The fourth-order valence-corrected chi connectivity index (χ4v) is 6.15. The summed E-state index contributed by atoms with van der Waals surface area (Å²) in [6.07, 6.45) is 11.8. The molecule has 3 aromatic rings. The third-order valence-corrected chi connectivity index (χ3v) is 8.94. The molecule has 0 aliphatic heterocycles. The summed E-state index contributed by atoms with van der Waals surface area (Å²) in [5.41, 5.74) is 2.53. The summed E-state index contributed by atoms with van der Waals surface area (Å²) < 4.78 is 11.3. The Kier molecular flexibility index (Phi) is 4.28. The highest BCUT2D eigenvalue weighted by molar-refractivity contribution is 5.61. The third-order valence-electron chi connectivity index (χ3n) is 8.94. The summed E-state index contributed by atoms with van der Waals surface area (Å²) in [5.74, 6) is 4.39. The second-order valence-corrected chi connectivity index (χ2v) is 11.1. The van der Waals surface area contributed by atoms with Crippen LogP contribution in [-0.2, 0) is 5.41 Å². The maximum atomic E-state index is 5.79. The van der Waals surface area contributed by atoms with E-state index in [-0.39, 0.29) is 5.41 Å². The number of aromatic nitrogens is 4. The van der Waals surface area contributed by atoms with E-state index >= 15 is 0 Å². The van der Waals surface area contributed by atoms with Crippen LogP contribution in [0.2, 0.25) is 0 Å². The van der Waals surface area contributed by atoms with Crippen molar-refractivity contribution in [2.45, 2.75) is 94.4 Å². The van der Waals surface area contributed by atoms with Crippen LogP contribution in [0, 0.1) is 5.41 Å². The molecule has 7 heteroatoms. The first kappa shape index (κ1) is 19.7. The van der Waals surface area contributed by atoms with E-state index in [9.17, 15) is 0 Å². The van der Waals surface area contributed by atoms with Gasteiger partial charge in [0.15, 0.2) is 11.6 Å². The van der Waals surface area contributed by atoms with Gasteiger partial charge in [0.1, 0.15) is 0 Å². The Balaban J connectivity index is 1.05. The van der Waals surface area contributed by atoms with Crippen molar-refractivity contribution in [3.8, 4) is 11.5 Å². The Labute approximate surface area is 193 Å². The van der Waals surface area contributed by atoms with Gasteiger partial charge in [0, 0.05) is 34.5 Å². The average molecular weight is 446 g/mol. The number of nitrogens with one attached hydrogen (secondary N) is 1. The van der Waals surface area contributed by atoms with Crippen molar-refractivity contribution >= 4 is 5.69 Å². The van der Waals surface area contributed by atoms with Gasteiger partial charge in [-0.25, -0.2) is 0 Å². The third kappa shape index (κ3) is 3.39. The van der Waals surface area contributed by atoms with Gasteiger partial charge in [-0.15, -0.1) is 0 Å². The first-order valence-electron chi connectivity index (χ1n) is 12.7. The molecule has 5 aliphatic carbocycles. The van der Waals surface area contributed by atoms with Crippen molar-refractivity contribution in [3.63, 3.8) is 0 Å². The zero-order valence-corrected chi connectivity index (χ0v) is 19.2. The second-order valence-electron chi connectivity index (χ2n) is 11.1. The Morgan fingerprint density at radius 1 is 0.879 bits per heavy atom. The first-order chi connectivity index (χ1) is 16.1. The van der Waals surface area contributed by atoms with Crippen LogP contribution < -0.4 is 5.32 Å². The minimum atomic E-state index is 0.110. The summed E-state index contributed by atoms with van der Waals surface area (Å²) in [4.78, 5) is 9.46. The largest absolute Gasteiger partial charge is 0.382 e. The molecule has 0 radical (unpaired) electrons. The van der Waals surface area contributed by atoms with E-state index in [2.05, 4.69) is 45.7 Å². The molecule has 8 rings (SSSR count). The molecule has 2 bridgehead atoms.